The van der Waals surface area contributed by atoms with Gasteiger partial charge in [0.05, 0.1) is 23.0 Å². The van der Waals surface area contributed by atoms with Crippen LogP contribution in [-0.2, 0) is 10.8 Å². The summed E-state index contributed by atoms with van der Waals surface area (Å²) in [5, 5.41) is 12.0. The Balaban J connectivity index is 1.25. The SMILES string of the molecule is CC(C)(C)c1cc(-c2nc3c(-c4cccc(-c5cc(-c6ccc(-c7ccccc7)cc6)ccn5)c4)cncc3n2-c2ccccc2)c(O)c(C(C)(C)C)c1. The van der Waals surface area contributed by atoms with E-state index in [0.717, 1.165) is 61.4 Å². The number of phenolic OH excluding ortho intramolecular Hbond substituents is 1. The molecule has 0 saturated carbocycles. The number of para-hydroxylation sites is 1. The van der Waals surface area contributed by atoms with Crippen LogP contribution in [0.15, 0.2) is 152 Å². The van der Waals surface area contributed by atoms with Crippen molar-refractivity contribution in [3.05, 3.63) is 163 Å². The Labute approximate surface area is 317 Å². The molecule has 0 fully saturated rings. The highest BCUT2D eigenvalue weighted by molar-refractivity contribution is 5.96. The molecular formula is C49H44N4O. The molecule has 0 aliphatic carbocycles. The first-order valence-corrected chi connectivity index (χ1v) is 18.5. The molecule has 1 N–H and O–H groups in total. The molecule has 5 nitrogen and oxygen atoms in total. The third-order valence-electron chi connectivity index (χ3n) is 10.2. The molecule has 0 bridgehead atoms. The third-order valence-corrected chi connectivity index (χ3v) is 10.2. The molecular weight excluding hydrogens is 661 g/mol. The van der Waals surface area contributed by atoms with Gasteiger partial charge in [0.2, 0.25) is 0 Å². The number of phenols is 1. The van der Waals surface area contributed by atoms with Crippen LogP contribution in [-0.4, -0.2) is 24.6 Å². The Morgan fingerprint density at radius 2 is 1.17 bits per heavy atom. The van der Waals surface area contributed by atoms with Gasteiger partial charge in [0, 0.05) is 34.8 Å². The second-order valence-corrected chi connectivity index (χ2v) is 16.0. The molecule has 0 aliphatic rings. The number of hydrogen-bond donors (Lipinski definition) is 1. The van der Waals surface area contributed by atoms with Gasteiger partial charge in [-0.2, -0.15) is 0 Å². The van der Waals surface area contributed by atoms with Gasteiger partial charge < -0.3 is 5.11 Å². The molecule has 3 heterocycles. The first-order chi connectivity index (χ1) is 26.0. The first kappa shape index (κ1) is 34.7. The van der Waals surface area contributed by atoms with Gasteiger partial charge in [0.15, 0.2) is 0 Å². The monoisotopic (exact) mass is 704 g/mol. The first-order valence-electron chi connectivity index (χ1n) is 18.5. The molecule has 0 spiro atoms. The molecule has 54 heavy (non-hydrogen) atoms. The molecule has 0 saturated heterocycles. The standard InChI is InChI=1S/C49H44N4O/c1-48(2,3)38-28-40(46(54)42(29-38)49(4,5)6)47-52-45-41(30-50-31-44(45)53(47)39-18-11-8-12-19-39)36-16-13-17-37(26-36)43-27-35(24-25-51-43)34-22-20-33(21-23-34)32-14-9-7-10-15-32/h7-31,54H,1-6H3. The third kappa shape index (κ3) is 6.58. The van der Waals surface area contributed by atoms with E-state index in [-0.39, 0.29) is 16.6 Å². The zero-order chi connectivity index (χ0) is 37.6. The van der Waals surface area contributed by atoms with Crippen LogP contribution in [0, 0.1) is 0 Å². The van der Waals surface area contributed by atoms with Crippen molar-refractivity contribution in [2.45, 2.75) is 52.4 Å². The summed E-state index contributed by atoms with van der Waals surface area (Å²) in [6.45, 7) is 13.0. The number of fused-ring (bicyclic) bond motifs is 1. The second-order valence-electron chi connectivity index (χ2n) is 16.0. The van der Waals surface area contributed by atoms with E-state index in [1.165, 1.54) is 11.1 Å². The number of hydrogen-bond acceptors (Lipinski definition) is 4. The molecule has 8 aromatic rings. The summed E-state index contributed by atoms with van der Waals surface area (Å²) in [6, 6.07) is 46.2. The summed E-state index contributed by atoms with van der Waals surface area (Å²) in [7, 11) is 0. The quantitative estimate of drug-likeness (QED) is 0.187. The van der Waals surface area contributed by atoms with Gasteiger partial charge in [-0.25, -0.2) is 4.98 Å². The Bertz CT molecular complexity index is 2610. The van der Waals surface area contributed by atoms with Gasteiger partial charge in [-0.05, 0) is 80.6 Å². The molecule has 0 unspecified atom stereocenters. The number of aromatic nitrogens is 4. The molecule has 266 valence electrons. The number of benzene rings is 5. The summed E-state index contributed by atoms with van der Waals surface area (Å²) < 4.78 is 2.12. The number of pyridine rings is 2. The van der Waals surface area contributed by atoms with Crippen molar-refractivity contribution in [3.8, 4) is 67.5 Å². The molecule has 0 atom stereocenters. The molecule has 5 heteroatoms. The van der Waals surface area contributed by atoms with Crippen LogP contribution < -0.4 is 0 Å². The summed E-state index contributed by atoms with van der Waals surface area (Å²) >= 11 is 0. The Kier molecular flexibility index (Phi) is 8.74. The minimum absolute atomic E-state index is 0.143. The number of imidazole rings is 1. The summed E-state index contributed by atoms with van der Waals surface area (Å²) in [5.41, 5.74) is 13.3. The lowest BCUT2D eigenvalue weighted by molar-refractivity contribution is 0.446. The fourth-order valence-corrected chi connectivity index (χ4v) is 7.13. The Hall–Kier alpha value is -6.33. The van der Waals surface area contributed by atoms with Gasteiger partial charge in [-0.1, -0.05) is 139 Å². The van der Waals surface area contributed by atoms with Crippen LogP contribution >= 0.6 is 0 Å². The molecule has 0 amide bonds. The second kappa shape index (κ2) is 13.6. The van der Waals surface area contributed by atoms with Crippen molar-refractivity contribution in [2.75, 3.05) is 0 Å². The molecule has 3 aromatic heterocycles. The lowest BCUT2D eigenvalue weighted by atomic mass is 9.79. The summed E-state index contributed by atoms with van der Waals surface area (Å²) in [6.07, 6.45) is 5.63. The van der Waals surface area contributed by atoms with Gasteiger partial charge in [-0.15, -0.1) is 0 Å². The Morgan fingerprint density at radius 3 is 1.85 bits per heavy atom. The van der Waals surface area contributed by atoms with Gasteiger partial charge in [0.1, 0.15) is 17.1 Å². The van der Waals surface area contributed by atoms with Crippen LogP contribution in [0.25, 0.3) is 72.7 Å². The average molecular weight is 705 g/mol. The maximum atomic E-state index is 12.0. The summed E-state index contributed by atoms with van der Waals surface area (Å²) in [5.74, 6) is 0.920. The van der Waals surface area contributed by atoms with Crippen LogP contribution in [0.5, 0.6) is 5.75 Å². The zero-order valence-electron chi connectivity index (χ0n) is 31.7. The molecule has 0 aliphatic heterocycles. The van der Waals surface area contributed by atoms with Crippen molar-refractivity contribution in [1.29, 1.82) is 0 Å². The van der Waals surface area contributed by atoms with Crippen molar-refractivity contribution < 1.29 is 5.11 Å². The van der Waals surface area contributed by atoms with E-state index in [0.29, 0.717) is 11.4 Å². The number of nitrogens with zero attached hydrogens (tertiary/aromatic N) is 4. The van der Waals surface area contributed by atoms with E-state index in [1.54, 1.807) is 0 Å². The molecule has 5 aromatic carbocycles. The van der Waals surface area contributed by atoms with Crippen molar-refractivity contribution >= 4 is 11.0 Å². The fraction of sp³-hybridized carbons (Fsp3) is 0.163. The van der Waals surface area contributed by atoms with E-state index < -0.39 is 0 Å². The topological polar surface area (TPSA) is 63.8 Å². The highest BCUT2D eigenvalue weighted by Crippen LogP contribution is 2.44. The van der Waals surface area contributed by atoms with E-state index in [4.69, 9.17) is 15.0 Å². The van der Waals surface area contributed by atoms with Gasteiger partial charge >= 0.3 is 0 Å². The molecule has 8 rings (SSSR count). The lowest BCUT2D eigenvalue weighted by Gasteiger charge is -2.27. The van der Waals surface area contributed by atoms with Crippen LogP contribution in [0.4, 0.5) is 0 Å². The zero-order valence-corrected chi connectivity index (χ0v) is 31.7. The van der Waals surface area contributed by atoms with E-state index >= 15 is 0 Å². The maximum absolute atomic E-state index is 12.0. The van der Waals surface area contributed by atoms with Crippen molar-refractivity contribution in [1.82, 2.24) is 19.5 Å². The predicted octanol–water partition coefficient (Wildman–Crippen LogP) is 12.5. The van der Waals surface area contributed by atoms with Crippen molar-refractivity contribution in [2.24, 2.45) is 0 Å². The Morgan fingerprint density at radius 1 is 0.537 bits per heavy atom. The lowest BCUT2D eigenvalue weighted by Crippen LogP contribution is -2.17. The van der Waals surface area contributed by atoms with Gasteiger partial charge in [0.25, 0.3) is 0 Å². The largest absolute Gasteiger partial charge is 0.507 e. The van der Waals surface area contributed by atoms with E-state index in [1.807, 2.05) is 42.9 Å². The van der Waals surface area contributed by atoms with E-state index in [9.17, 15) is 5.11 Å². The van der Waals surface area contributed by atoms with E-state index in [2.05, 4.69) is 155 Å². The predicted molar refractivity (Wildman–Crippen MR) is 223 cm³/mol. The van der Waals surface area contributed by atoms with Crippen LogP contribution in [0.2, 0.25) is 0 Å². The summed E-state index contributed by atoms with van der Waals surface area (Å²) in [4.78, 5) is 14.9. The smallest absolute Gasteiger partial charge is 0.149 e. The number of aromatic hydroxyl groups is 1. The molecule has 0 radical (unpaired) electrons. The highest BCUT2D eigenvalue weighted by atomic mass is 16.3. The number of rotatable bonds is 6. The highest BCUT2D eigenvalue weighted by Gasteiger charge is 2.28. The van der Waals surface area contributed by atoms with Gasteiger partial charge in [-0.3, -0.25) is 14.5 Å². The average Bonchev–Trinajstić information content (AvgIpc) is 3.57. The van der Waals surface area contributed by atoms with Crippen molar-refractivity contribution in [3.63, 3.8) is 0 Å². The van der Waals surface area contributed by atoms with Crippen LogP contribution in [0.1, 0.15) is 52.7 Å². The maximum Gasteiger partial charge on any atom is 0.149 e. The minimum Gasteiger partial charge on any atom is -0.507 e. The minimum atomic E-state index is -0.284. The van der Waals surface area contributed by atoms with Crippen LogP contribution in [0.3, 0.4) is 0 Å². The fourth-order valence-electron chi connectivity index (χ4n) is 7.13. The normalized spacial score (nSPS) is 12.0.